The highest BCUT2D eigenvalue weighted by Crippen LogP contribution is 2.23. The molecule has 15 nitrogen and oxygen atoms in total. The number of hydrogen-bond acceptors (Lipinski definition) is 10. The van der Waals surface area contributed by atoms with Gasteiger partial charge in [0.1, 0.15) is 23.1 Å². The molecular formula is C66H108N6O9. The Morgan fingerprint density at radius 3 is 0.877 bits per heavy atom. The van der Waals surface area contributed by atoms with Gasteiger partial charge in [-0.2, -0.15) is 0 Å². The van der Waals surface area contributed by atoms with Crippen LogP contribution in [-0.4, -0.2) is 72.3 Å². The number of benzene rings is 3. The second-order valence-electron chi connectivity index (χ2n) is 24.1. The Morgan fingerprint density at radius 1 is 0.370 bits per heavy atom. The van der Waals surface area contributed by atoms with Gasteiger partial charge in [0.2, 0.25) is 29.5 Å². The zero-order valence-corrected chi connectivity index (χ0v) is 53.1. The molecule has 3 aromatic rings. The van der Waals surface area contributed by atoms with E-state index in [2.05, 4.69) is 151 Å². The Labute approximate surface area is 489 Å². The van der Waals surface area contributed by atoms with Crippen molar-refractivity contribution in [2.45, 2.75) is 221 Å². The second-order valence-corrected chi connectivity index (χ2v) is 24.1. The fourth-order valence-corrected chi connectivity index (χ4v) is 6.55. The molecule has 0 spiro atoms. The standard InChI is InChI=1S/C19H29NO2.2C12H17NO.2C10H19NO2.C3H7NO/c1-15(21)20-14-17-9-7-16(8-10-17)11-12-18(22)6-5-13-19(2,3)4;2*1-3-4-11-5-7-12(8-6-11)9-13-10(2)14;2*1-8(12)7-11-9(13)5-6-10(2,3)4;1-3(5)2-4/h7-10H,5-6,11-14H2,1-4H3,(H,20,21);2*5-8H,3-4,9H2,1-2H3,(H,13,14);2*5-7H2,1-4H3,(H,11,13);2,4H2,1H3. The lowest BCUT2D eigenvalue weighted by Gasteiger charge is -2.17. The van der Waals surface area contributed by atoms with Crippen molar-refractivity contribution in [1.82, 2.24) is 26.6 Å². The van der Waals surface area contributed by atoms with Crippen molar-refractivity contribution >= 4 is 52.7 Å². The van der Waals surface area contributed by atoms with Crippen molar-refractivity contribution in [3.05, 3.63) is 106 Å². The summed E-state index contributed by atoms with van der Waals surface area (Å²) in [4.78, 5) is 97.1. The normalized spacial score (nSPS) is 10.5. The van der Waals surface area contributed by atoms with Gasteiger partial charge in [-0.25, -0.2) is 0 Å². The summed E-state index contributed by atoms with van der Waals surface area (Å²) in [6.07, 6.45) is 11.5. The Hall–Kier alpha value is -6.35. The number of nitrogens with one attached hydrogen (secondary N) is 5. The molecule has 0 saturated heterocycles. The quantitative estimate of drug-likeness (QED) is 0.0469. The fraction of sp³-hybridized carbons (Fsp3) is 0.591. The number of aryl methyl sites for hydroxylation is 3. The van der Waals surface area contributed by atoms with Crippen LogP contribution in [0.2, 0.25) is 0 Å². The number of Topliss-reactive ketones (excluding diaryl/α,β-unsaturated/α-hetero) is 4. The molecule has 0 unspecified atom stereocenters. The molecule has 0 radical (unpaired) electrons. The van der Waals surface area contributed by atoms with Gasteiger partial charge in [0.15, 0.2) is 0 Å². The van der Waals surface area contributed by atoms with Gasteiger partial charge in [0, 0.05) is 66.1 Å². The van der Waals surface area contributed by atoms with E-state index in [0.29, 0.717) is 56.5 Å². The van der Waals surface area contributed by atoms with Crippen LogP contribution in [0, 0.1) is 16.2 Å². The largest absolute Gasteiger partial charge is 0.352 e. The molecule has 15 heteroatoms. The molecule has 0 aliphatic rings. The number of carbonyl (C=O) groups excluding carboxylic acids is 9. The number of hydrogen-bond donors (Lipinski definition) is 6. The van der Waals surface area contributed by atoms with Gasteiger partial charge in [-0.05, 0) is 115 Å². The molecule has 0 fully saturated rings. The molecule has 0 aliphatic heterocycles. The van der Waals surface area contributed by atoms with E-state index in [9.17, 15) is 43.2 Å². The van der Waals surface area contributed by atoms with E-state index in [0.717, 1.165) is 61.6 Å². The zero-order valence-electron chi connectivity index (χ0n) is 53.1. The highest BCUT2D eigenvalue weighted by atomic mass is 16.2. The molecule has 0 aliphatic carbocycles. The van der Waals surface area contributed by atoms with Gasteiger partial charge in [0.05, 0.1) is 19.6 Å². The maximum absolute atomic E-state index is 11.9. The molecule has 456 valence electrons. The van der Waals surface area contributed by atoms with Gasteiger partial charge >= 0.3 is 0 Å². The van der Waals surface area contributed by atoms with E-state index >= 15 is 0 Å². The molecule has 0 heterocycles. The molecule has 5 amide bonds. The summed E-state index contributed by atoms with van der Waals surface area (Å²) in [5, 5.41) is 13.5. The predicted octanol–water partition coefficient (Wildman–Crippen LogP) is 11.2. The van der Waals surface area contributed by atoms with Crippen molar-refractivity contribution in [1.29, 1.82) is 0 Å². The average Bonchev–Trinajstić information content (AvgIpc) is 3.37. The van der Waals surface area contributed by atoms with Gasteiger partial charge in [-0.1, -0.05) is 162 Å². The number of nitrogens with two attached hydrogens (primary N) is 1. The molecule has 3 rings (SSSR count). The molecule has 81 heavy (non-hydrogen) atoms. The van der Waals surface area contributed by atoms with E-state index in [1.165, 1.54) is 71.1 Å². The molecular weight excluding hydrogens is 1020 g/mol. The number of amides is 5. The minimum atomic E-state index is -0.0369. The summed E-state index contributed by atoms with van der Waals surface area (Å²) in [6.45, 7) is 34.8. The minimum Gasteiger partial charge on any atom is -0.352 e. The summed E-state index contributed by atoms with van der Waals surface area (Å²) >= 11 is 0. The van der Waals surface area contributed by atoms with Crippen molar-refractivity contribution in [3.63, 3.8) is 0 Å². The van der Waals surface area contributed by atoms with Crippen LogP contribution >= 0.6 is 0 Å². The summed E-state index contributed by atoms with van der Waals surface area (Å²) in [5.74, 6) is 0.301. The highest BCUT2D eigenvalue weighted by Gasteiger charge is 2.14. The molecule has 3 aromatic carbocycles. The SMILES string of the molecule is CC(=O)CN.CC(=O)CNC(=O)CCC(C)(C)C.CC(=O)CNC(=O)CCC(C)(C)C.CC(=O)NCc1ccc(CCC(=O)CCCC(C)(C)C)cc1.CCCc1ccc(CNC(C)=O)cc1.CCCc1ccc(CNC(C)=O)cc1. The first kappa shape index (κ1) is 78.9. The smallest absolute Gasteiger partial charge is 0.220 e. The Morgan fingerprint density at radius 2 is 0.642 bits per heavy atom. The summed E-state index contributed by atoms with van der Waals surface area (Å²) in [6, 6.07) is 24.9. The van der Waals surface area contributed by atoms with Crippen molar-refractivity contribution in [2.75, 3.05) is 19.6 Å². The zero-order chi connectivity index (χ0) is 62.6. The first-order valence-corrected chi connectivity index (χ1v) is 28.8. The first-order chi connectivity index (χ1) is 37.6. The lowest BCUT2D eigenvalue weighted by molar-refractivity contribution is -0.124. The van der Waals surface area contributed by atoms with Crippen LogP contribution in [0.3, 0.4) is 0 Å². The van der Waals surface area contributed by atoms with Gasteiger partial charge < -0.3 is 32.3 Å². The number of carbonyl (C=O) groups is 9. The first-order valence-electron chi connectivity index (χ1n) is 28.8. The third kappa shape index (κ3) is 58.1. The van der Waals surface area contributed by atoms with Crippen LogP contribution in [0.15, 0.2) is 72.8 Å². The van der Waals surface area contributed by atoms with Crippen LogP contribution in [0.1, 0.15) is 215 Å². The Kier molecular flexibility index (Phi) is 44.1. The minimum absolute atomic E-state index is 0.0101. The summed E-state index contributed by atoms with van der Waals surface area (Å²) < 4.78 is 0. The van der Waals surface area contributed by atoms with Gasteiger partial charge in [0.25, 0.3) is 0 Å². The third-order valence-electron chi connectivity index (χ3n) is 11.4. The number of rotatable bonds is 25. The van der Waals surface area contributed by atoms with Crippen LogP contribution in [-0.2, 0) is 82.0 Å². The van der Waals surface area contributed by atoms with Crippen LogP contribution < -0.4 is 32.3 Å². The van der Waals surface area contributed by atoms with E-state index in [4.69, 9.17) is 5.73 Å². The van der Waals surface area contributed by atoms with Crippen LogP contribution in [0.25, 0.3) is 0 Å². The molecule has 0 atom stereocenters. The van der Waals surface area contributed by atoms with E-state index in [1.807, 2.05) is 24.3 Å². The van der Waals surface area contributed by atoms with Crippen molar-refractivity contribution in [2.24, 2.45) is 22.0 Å². The lowest BCUT2D eigenvalue weighted by Crippen LogP contribution is -2.28. The predicted molar refractivity (Wildman–Crippen MR) is 331 cm³/mol. The maximum Gasteiger partial charge on any atom is 0.220 e. The molecule has 0 bridgehead atoms. The Balaban J connectivity index is -0.000000933. The monoisotopic (exact) mass is 1130 g/mol. The lowest BCUT2D eigenvalue weighted by atomic mass is 9.89. The summed E-state index contributed by atoms with van der Waals surface area (Å²) in [5.41, 5.74) is 12.8. The Bertz CT molecular complexity index is 2160. The van der Waals surface area contributed by atoms with Gasteiger partial charge in [-0.15, -0.1) is 0 Å². The average molecular weight is 1130 g/mol. The topological polar surface area (TPSA) is 240 Å². The van der Waals surface area contributed by atoms with Gasteiger partial charge in [-0.3, -0.25) is 43.2 Å². The van der Waals surface area contributed by atoms with Crippen molar-refractivity contribution in [3.8, 4) is 0 Å². The summed E-state index contributed by atoms with van der Waals surface area (Å²) in [7, 11) is 0. The molecule has 0 aromatic heterocycles. The molecule has 0 saturated carbocycles. The third-order valence-corrected chi connectivity index (χ3v) is 11.4. The van der Waals surface area contributed by atoms with E-state index in [-0.39, 0.29) is 77.3 Å². The highest BCUT2D eigenvalue weighted by molar-refractivity contribution is 5.85. The van der Waals surface area contributed by atoms with Crippen LogP contribution in [0.5, 0.6) is 0 Å². The van der Waals surface area contributed by atoms with Crippen molar-refractivity contribution < 1.29 is 43.2 Å². The maximum atomic E-state index is 11.9. The molecule has 7 N–H and O–H groups in total. The fourth-order valence-electron chi connectivity index (χ4n) is 6.55. The number of ketones is 4. The van der Waals surface area contributed by atoms with Crippen LogP contribution in [0.4, 0.5) is 0 Å². The second kappa shape index (κ2) is 45.3. The van der Waals surface area contributed by atoms with E-state index < -0.39 is 0 Å². The van der Waals surface area contributed by atoms with E-state index in [1.54, 1.807) is 0 Å².